The number of rotatable bonds is 4. The second-order valence-corrected chi connectivity index (χ2v) is 10.4. The fourth-order valence-electron chi connectivity index (χ4n) is 2.22. The van der Waals surface area contributed by atoms with E-state index in [1.807, 2.05) is 0 Å². The van der Waals surface area contributed by atoms with Crippen molar-refractivity contribution in [2.45, 2.75) is 30.0 Å². The second kappa shape index (κ2) is 6.09. The molecule has 0 radical (unpaired) electrons. The van der Waals surface area contributed by atoms with E-state index in [0.717, 1.165) is 17.6 Å². The van der Waals surface area contributed by atoms with Gasteiger partial charge in [-0.3, -0.25) is 0 Å². The van der Waals surface area contributed by atoms with Crippen LogP contribution in [0.3, 0.4) is 0 Å². The van der Waals surface area contributed by atoms with E-state index in [1.54, 1.807) is 6.92 Å². The SMILES string of the molecule is Cc1nc(Cl)sc1S(=O)(=O)N1CCC(NS(C)(=O)=O)CC1. The van der Waals surface area contributed by atoms with E-state index in [1.165, 1.54) is 4.31 Å². The van der Waals surface area contributed by atoms with Gasteiger partial charge in [0.1, 0.15) is 0 Å². The van der Waals surface area contributed by atoms with Gasteiger partial charge in [0.2, 0.25) is 10.0 Å². The first-order valence-corrected chi connectivity index (χ1v) is 10.7. The van der Waals surface area contributed by atoms with E-state index < -0.39 is 20.0 Å². The first-order chi connectivity index (χ1) is 9.59. The average Bonchev–Trinajstić information content (AvgIpc) is 2.68. The van der Waals surface area contributed by atoms with Crippen molar-refractivity contribution in [1.29, 1.82) is 0 Å². The van der Waals surface area contributed by atoms with E-state index in [-0.39, 0.29) is 27.8 Å². The van der Waals surface area contributed by atoms with Crippen LogP contribution in [0.2, 0.25) is 4.47 Å². The number of aromatic nitrogens is 1. The number of hydrogen-bond donors (Lipinski definition) is 1. The molecule has 1 aliphatic rings. The third-order valence-electron chi connectivity index (χ3n) is 3.14. The third-order valence-corrected chi connectivity index (χ3v) is 7.65. The molecule has 120 valence electrons. The van der Waals surface area contributed by atoms with Crippen LogP contribution >= 0.6 is 22.9 Å². The van der Waals surface area contributed by atoms with Crippen molar-refractivity contribution in [2.24, 2.45) is 0 Å². The number of aryl methyl sites for hydroxylation is 1. The Morgan fingerprint density at radius 2 is 1.86 bits per heavy atom. The fraction of sp³-hybridized carbons (Fsp3) is 0.700. The maximum Gasteiger partial charge on any atom is 0.254 e. The molecule has 1 aliphatic heterocycles. The van der Waals surface area contributed by atoms with Crippen LogP contribution in [0.4, 0.5) is 0 Å². The Hall–Kier alpha value is -0.260. The molecule has 2 rings (SSSR count). The summed E-state index contributed by atoms with van der Waals surface area (Å²) in [7, 11) is -6.89. The van der Waals surface area contributed by atoms with Crippen LogP contribution in [0.15, 0.2) is 4.21 Å². The molecule has 0 amide bonds. The van der Waals surface area contributed by atoms with Gasteiger partial charge < -0.3 is 0 Å². The molecule has 0 aliphatic carbocycles. The molecule has 0 bridgehead atoms. The predicted octanol–water partition coefficient (Wildman–Crippen LogP) is 0.807. The number of hydrogen-bond acceptors (Lipinski definition) is 6. The molecule has 2 heterocycles. The quantitative estimate of drug-likeness (QED) is 0.842. The van der Waals surface area contributed by atoms with E-state index in [0.29, 0.717) is 18.5 Å². The first-order valence-electron chi connectivity index (χ1n) is 6.20. The molecule has 1 aromatic heterocycles. The van der Waals surface area contributed by atoms with Crippen LogP contribution in [0.1, 0.15) is 18.5 Å². The van der Waals surface area contributed by atoms with Gasteiger partial charge in [-0.15, -0.1) is 0 Å². The number of thiazole rings is 1. The van der Waals surface area contributed by atoms with Crippen molar-refractivity contribution in [1.82, 2.24) is 14.0 Å². The Morgan fingerprint density at radius 3 is 2.29 bits per heavy atom. The highest BCUT2D eigenvalue weighted by atomic mass is 35.5. The van der Waals surface area contributed by atoms with Crippen LogP contribution in [0.5, 0.6) is 0 Å². The minimum absolute atomic E-state index is 0.155. The van der Waals surface area contributed by atoms with Crippen molar-refractivity contribution in [3.8, 4) is 0 Å². The zero-order valence-corrected chi connectivity index (χ0v) is 14.7. The normalized spacial score (nSPS) is 19.0. The van der Waals surface area contributed by atoms with Gasteiger partial charge in [0, 0.05) is 19.1 Å². The Morgan fingerprint density at radius 1 is 1.29 bits per heavy atom. The summed E-state index contributed by atoms with van der Waals surface area (Å²) in [5.41, 5.74) is 0.390. The van der Waals surface area contributed by atoms with Gasteiger partial charge in [-0.1, -0.05) is 22.9 Å². The Labute approximate surface area is 133 Å². The molecule has 1 N–H and O–H groups in total. The molecule has 7 nitrogen and oxygen atoms in total. The van der Waals surface area contributed by atoms with Crippen LogP contribution in [0.25, 0.3) is 0 Å². The van der Waals surface area contributed by atoms with E-state index >= 15 is 0 Å². The lowest BCUT2D eigenvalue weighted by atomic mass is 10.1. The van der Waals surface area contributed by atoms with Crippen molar-refractivity contribution in [3.63, 3.8) is 0 Å². The Bertz CT molecular complexity index is 721. The zero-order valence-electron chi connectivity index (χ0n) is 11.5. The van der Waals surface area contributed by atoms with Gasteiger partial charge in [0.25, 0.3) is 10.0 Å². The molecule has 1 saturated heterocycles. The molecule has 11 heteroatoms. The van der Waals surface area contributed by atoms with Gasteiger partial charge in [0.15, 0.2) is 8.68 Å². The molecule has 0 unspecified atom stereocenters. The average molecular weight is 374 g/mol. The molecular weight excluding hydrogens is 358 g/mol. The van der Waals surface area contributed by atoms with Crippen molar-refractivity contribution < 1.29 is 16.8 Å². The van der Waals surface area contributed by atoms with Crippen LogP contribution in [-0.2, 0) is 20.0 Å². The lowest BCUT2D eigenvalue weighted by Crippen LogP contribution is -2.46. The number of nitrogens with zero attached hydrogens (tertiary/aromatic N) is 2. The zero-order chi connectivity index (χ0) is 15.8. The van der Waals surface area contributed by atoms with Gasteiger partial charge in [-0.25, -0.2) is 26.5 Å². The predicted molar refractivity (Wildman–Crippen MR) is 81.6 cm³/mol. The molecule has 1 aromatic rings. The molecule has 0 saturated carbocycles. The standard InChI is InChI=1S/C10H16ClN3O4S3/c1-7-9(19-10(11)12-7)21(17,18)14-5-3-8(4-6-14)13-20(2,15)16/h8,13H,3-6H2,1-2H3. The number of piperidine rings is 1. The number of sulfonamides is 2. The van der Waals surface area contributed by atoms with E-state index in [2.05, 4.69) is 9.71 Å². The van der Waals surface area contributed by atoms with Crippen LogP contribution in [0, 0.1) is 6.92 Å². The third kappa shape index (κ3) is 4.14. The Kier molecular flexibility index (Phi) is 4.96. The summed E-state index contributed by atoms with van der Waals surface area (Å²) in [6.07, 6.45) is 1.98. The van der Waals surface area contributed by atoms with Crippen molar-refractivity contribution in [3.05, 3.63) is 10.2 Å². The first kappa shape index (κ1) is 17.1. The summed E-state index contributed by atoms with van der Waals surface area (Å²) in [5.74, 6) is 0. The maximum absolute atomic E-state index is 12.5. The number of nitrogens with one attached hydrogen (secondary N) is 1. The minimum Gasteiger partial charge on any atom is -0.229 e. The maximum atomic E-state index is 12.5. The lowest BCUT2D eigenvalue weighted by Gasteiger charge is -2.30. The highest BCUT2D eigenvalue weighted by molar-refractivity contribution is 7.91. The molecule has 0 spiro atoms. The van der Waals surface area contributed by atoms with Gasteiger partial charge >= 0.3 is 0 Å². The molecule has 0 atom stereocenters. The van der Waals surface area contributed by atoms with Crippen LogP contribution in [-0.4, -0.2) is 51.5 Å². The molecular formula is C10H16ClN3O4S3. The Balaban J connectivity index is 2.10. The second-order valence-electron chi connectivity index (χ2n) is 4.91. The summed E-state index contributed by atoms with van der Waals surface area (Å²) in [6, 6.07) is -0.224. The van der Waals surface area contributed by atoms with Gasteiger partial charge in [-0.05, 0) is 19.8 Å². The fourth-order valence-corrected chi connectivity index (χ4v) is 6.41. The summed E-state index contributed by atoms with van der Waals surface area (Å²) >= 11 is 6.69. The molecule has 0 aromatic carbocycles. The number of halogens is 1. The summed E-state index contributed by atoms with van der Waals surface area (Å²) in [6.45, 7) is 2.14. The monoisotopic (exact) mass is 373 g/mol. The summed E-state index contributed by atoms with van der Waals surface area (Å²) in [4.78, 5) is 3.92. The highest BCUT2D eigenvalue weighted by Crippen LogP contribution is 2.30. The largest absolute Gasteiger partial charge is 0.254 e. The lowest BCUT2D eigenvalue weighted by molar-refractivity contribution is 0.309. The smallest absolute Gasteiger partial charge is 0.229 e. The van der Waals surface area contributed by atoms with Crippen LogP contribution < -0.4 is 4.72 Å². The molecule has 21 heavy (non-hydrogen) atoms. The van der Waals surface area contributed by atoms with Crippen molar-refractivity contribution in [2.75, 3.05) is 19.3 Å². The summed E-state index contributed by atoms with van der Waals surface area (Å²) < 4.78 is 51.6. The van der Waals surface area contributed by atoms with Gasteiger partial charge in [0.05, 0.1) is 11.9 Å². The minimum atomic E-state index is -3.61. The topological polar surface area (TPSA) is 96.4 Å². The van der Waals surface area contributed by atoms with Crippen molar-refractivity contribution >= 4 is 43.0 Å². The van der Waals surface area contributed by atoms with E-state index in [4.69, 9.17) is 11.6 Å². The van der Waals surface area contributed by atoms with E-state index in [9.17, 15) is 16.8 Å². The van der Waals surface area contributed by atoms with Gasteiger partial charge in [-0.2, -0.15) is 4.31 Å². The summed E-state index contributed by atoms with van der Waals surface area (Å²) in [5, 5.41) is 0. The highest BCUT2D eigenvalue weighted by Gasteiger charge is 2.33. The molecule has 1 fully saturated rings.